The molecule has 0 amide bonds. The molecule has 9 nitrogen and oxygen atoms in total. The lowest BCUT2D eigenvalue weighted by molar-refractivity contribution is -0.0518. The molecule has 0 spiro atoms. The third-order valence-electron chi connectivity index (χ3n) is 6.24. The molecule has 0 unspecified atom stereocenters. The van der Waals surface area contributed by atoms with Gasteiger partial charge in [-0.1, -0.05) is 24.3 Å². The van der Waals surface area contributed by atoms with Crippen LogP contribution >= 0.6 is 0 Å². The van der Waals surface area contributed by atoms with Gasteiger partial charge in [0.15, 0.2) is 11.4 Å². The smallest absolute Gasteiger partial charge is 0.387 e. The quantitative estimate of drug-likeness (QED) is 0.312. The number of benzene rings is 1. The molecule has 0 aliphatic rings. The maximum Gasteiger partial charge on any atom is 0.387 e. The number of nitrogens with zero attached hydrogens (tertiary/aromatic N) is 4. The Hall–Kier alpha value is -3.80. The van der Waals surface area contributed by atoms with Crippen LogP contribution in [0, 0.1) is 13.8 Å². The Kier molecular flexibility index (Phi) is 7.54. The van der Waals surface area contributed by atoms with Gasteiger partial charge in [0.25, 0.3) is 5.88 Å². The molecule has 0 aliphatic carbocycles. The minimum absolute atomic E-state index is 0.101. The Morgan fingerprint density at radius 2 is 1.79 bits per heavy atom. The van der Waals surface area contributed by atoms with E-state index in [0.717, 1.165) is 28.5 Å². The van der Waals surface area contributed by atoms with E-state index < -0.39 is 33.9 Å². The van der Waals surface area contributed by atoms with Crippen molar-refractivity contribution in [2.45, 2.75) is 33.4 Å². The van der Waals surface area contributed by atoms with Gasteiger partial charge in [-0.05, 0) is 49.6 Å². The molecular formula is C26H28F2N4O5S. The van der Waals surface area contributed by atoms with Gasteiger partial charge in [0.05, 0.1) is 29.6 Å². The van der Waals surface area contributed by atoms with Crippen LogP contribution in [0.5, 0.6) is 11.6 Å². The van der Waals surface area contributed by atoms with Crippen LogP contribution < -0.4 is 15.2 Å². The molecule has 0 radical (unpaired) electrons. The van der Waals surface area contributed by atoms with Crippen molar-refractivity contribution >= 4 is 21.0 Å². The van der Waals surface area contributed by atoms with Crippen LogP contribution in [0.25, 0.3) is 22.3 Å². The number of halogens is 2. The summed E-state index contributed by atoms with van der Waals surface area (Å²) in [6.45, 7) is 2.49. The highest BCUT2D eigenvalue weighted by Gasteiger charge is 2.29. The Balaban J connectivity index is 1.96. The summed E-state index contributed by atoms with van der Waals surface area (Å²) in [4.78, 5) is 22.5. The van der Waals surface area contributed by atoms with Crippen LogP contribution in [-0.4, -0.2) is 52.7 Å². The lowest BCUT2D eigenvalue weighted by Crippen LogP contribution is -2.31. The first kappa shape index (κ1) is 27.2. The summed E-state index contributed by atoms with van der Waals surface area (Å²) in [5, 5.41) is 0. The fourth-order valence-electron chi connectivity index (χ4n) is 4.56. The van der Waals surface area contributed by atoms with Crippen LogP contribution in [0.2, 0.25) is 0 Å². The molecule has 4 aromatic rings. The number of rotatable bonds is 9. The second-order valence-electron chi connectivity index (χ2n) is 8.95. The number of imidazole rings is 1. The van der Waals surface area contributed by atoms with E-state index in [4.69, 9.17) is 4.74 Å². The molecule has 12 heteroatoms. The molecule has 0 aliphatic heterocycles. The van der Waals surface area contributed by atoms with E-state index in [9.17, 15) is 22.0 Å². The topological polar surface area (TPSA) is 105 Å². The first-order valence-corrected chi connectivity index (χ1v) is 13.9. The number of pyridine rings is 2. The number of aryl methyl sites for hydroxylation is 3. The molecule has 0 bridgehead atoms. The Morgan fingerprint density at radius 3 is 2.42 bits per heavy atom. The largest absolute Gasteiger partial charge is 0.475 e. The van der Waals surface area contributed by atoms with Gasteiger partial charge in [-0.2, -0.15) is 8.78 Å². The van der Waals surface area contributed by atoms with E-state index in [0.29, 0.717) is 5.52 Å². The summed E-state index contributed by atoms with van der Waals surface area (Å²) >= 11 is 0. The summed E-state index contributed by atoms with van der Waals surface area (Å²) in [5.74, 6) is -1.02. The highest BCUT2D eigenvalue weighted by Crippen LogP contribution is 2.33. The Morgan fingerprint density at radius 1 is 1.08 bits per heavy atom. The number of hydrogen-bond donors (Lipinski definition) is 0. The first-order valence-electron chi connectivity index (χ1n) is 11.8. The zero-order valence-corrected chi connectivity index (χ0v) is 22.4. The number of ether oxygens (including phenoxy) is 2. The van der Waals surface area contributed by atoms with Gasteiger partial charge in [-0.15, -0.1) is 0 Å². The third kappa shape index (κ3) is 5.26. The number of fused-ring (bicyclic) bond motifs is 1. The fourth-order valence-corrected chi connectivity index (χ4v) is 5.46. The van der Waals surface area contributed by atoms with Crippen molar-refractivity contribution in [1.82, 2.24) is 19.1 Å². The zero-order valence-electron chi connectivity index (χ0n) is 21.6. The summed E-state index contributed by atoms with van der Waals surface area (Å²) in [7, 11) is -2.05. The molecule has 0 N–H and O–H groups in total. The maximum absolute atomic E-state index is 13.6. The molecule has 3 heterocycles. The van der Waals surface area contributed by atoms with Crippen molar-refractivity contribution in [3.63, 3.8) is 0 Å². The van der Waals surface area contributed by atoms with Gasteiger partial charge < -0.3 is 9.47 Å². The minimum Gasteiger partial charge on any atom is -0.475 e. The Bertz CT molecular complexity index is 1660. The normalized spacial score (nSPS) is 12.7. The zero-order chi connectivity index (χ0) is 27.8. The van der Waals surface area contributed by atoms with Gasteiger partial charge in [0.1, 0.15) is 9.84 Å². The highest BCUT2D eigenvalue weighted by atomic mass is 32.2. The van der Waals surface area contributed by atoms with E-state index in [1.807, 2.05) is 38.1 Å². The molecule has 1 aromatic carbocycles. The summed E-state index contributed by atoms with van der Waals surface area (Å²) < 4.78 is 63.3. The number of hydrogen-bond acceptors (Lipinski definition) is 7. The van der Waals surface area contributed by atoms with Crippen molar-refractivity contribution in [2.75, 3.05) is 18.6 Å². The average molecular weight is 547 g/mol. The van der Waals surface area contributed by atoms with Gasteiger partial charge in [0.2, 0.25) is 0 Å². The SMILES string of the molecule is CCOc1nc([C@@H](CS(C)(=O)=O)n2c(=O)n(C)c3c(C)c(-c4ccccc4C)cnc32)ccc1OC(F)F. The van der Waals surface area contributed by atoms with Crippen LogP contribution in [0.4, 0.5) is 8.78 Å². The van der Waals surface area contributed by atoms with E-state index in [1.54, 1.807) is 20.2 Å². The standard InChI is InChI=1S/C26H28F2N4O5S/c1-6-36-24-21(37-25(27)28)12-11-19(30-24)20(14-38(5,34)35)32-23-22(31(4)26(32)33)16(3)18(13-29-23)17-10-8-7-9-15(17)2/h7-13,20,25H,6,14H2,1-5H3/t20-/m1/s1. The molecule has 0 saturated carbocycles. The number of aromatic nitrogens is 4. The van der Waals surface area contributed by atoms with Crippen molar-refractivity contribution in [3.8, 4) is 22.8 Å². The second kappa shape index (κ2) is 10.5. The highest BCUT2D eigenvalue weighted by molar-refractivity contribution is 7.90. The predicted octanol–water partition coefficient (Wildman–Crippen LogP) is 4.05. The van der Waals surface area contributed by atoms with Crippen molar-refractivity contribution in [2.24, 2.45) is 7.05 Å². The lowest BCUT2D eigenvalue weighted by Gasteiger charge is -2.19. The Labute approximate surface area is 218 Å². The van der Waals surface area contributed by atoms with Gasteiger partial charge >= 0.3 is 12.3 Å². The van der Waals surface area contributed by atoms with Crippen LogP contribution in [0.1, 0.15) is 29.8 Å². The van der Waals surface area contributed by atoms with Gasteiger partial charge in [0, 0.05) is 25.1 Å². The molecule has 1 atom stereocenters. The number of sulfone groups is 1. The summed E-state index contributed by atoms with van der Waals surface area (Å²) in [6, 6.07) is 9.25. The average Bonchev–Trinajstić information content (AvgIpc) is 3.09. The molecule has 0 saturated heterocycles. The third-order valence-corrected chi connectivity index (χ3v) is 7.16. The van der Waals surface area contributed by atoms with Crippen LogP contribution in [-0.2, 0) is 16.9 Å². The summed E-state index contributed by atoms with van der Waals surface area (Å²) in [5.41, 5.74) is 4.07. The van der Waals surface area contributed by atoms with Crippen molar-refractivity contribution < 1.29 is 26.7 Å². The maximum atomic E-state index is 13.6. The van der Waals surface area contributed by atoms with Crippen LogP contribution in [0.3, 0.4) is 0 Å². The fraction of sp³-hybridized carbons (Fsp3) is 0.346. The number of alkyl halides is 2. The second-order valence-corrected chi connectivity index (χ2v) is 11.1. The van der Waals surface area contributed by atoms with Crippen molar-refractivity contribution in [3.05, 3.63) is 69.9 Å². The molecule has 38 heavy (non-hydrogen) atoms. The van der Waals surface area contributed by atoms with E-state index >= 15 is 0 Å². The molecular weight excluding hydrogens is 518 g/mol. The van der Waals surface area contributed by atoms with E-state index in [1.165, 1.54) is 21.3 Å². The first-order chi connectivity index (χ1) is 17.9. The molecule has 0 fully saturated rings. The van der Waals surface area contributed by atoms with Gasteiger partial charge in [-0.25, -0.2) is 23.2 Å². The minimum atomic E-state index is -3.65. The lowest BCUT2D eigenvalue weighted by atomic mass is 9.98. The van der Waals surface area contributed by atoms with Crippen molar-refractivity contribution in [1.29, 1.82) is 0 Å². The summed E-state index contributed by atoms with van der Waals surface area (Å²) in [6.07, 6.45) is 2.70. The molecule has 3 aromatic heterocycles. The monoisotopic (exact) mass is 546 g/mol. The molecule has 4 rings (SSSR count). The molecule has 202 valence electrons. The van der Waals surface area contributed by atoms with E-state index in [-0.39, 0.29) is 29.6 Å². The van der Waals surface area contributed by atoms with Gasteiger partial charge in [-0.3, -0.25) is 9.13 Å². The predicted molar refractivity (Wildman–Crippen MR) is 140 cm³/mol. The van der Waals surface area contributed by atoms with E-state index in [2.05, 4.69) is 14.7 Å². The van der Waals surface area contributed by atoms with Crippen LogP contribution in [0.15, 0.2) is 47.4 Å².